The van der Waals surface area contributed by atoms with Gasteiger partial charge in [0.2, 0.25) is 5.91 Å². The Morgan fingerprint density at radius 1 is 1.22 bits per heavy atom. The molecule has 4 heteroatoms. The molecule has 18 heavy (non-hydrogen) atoms. The Morgan fingerprint density at radius 3 is 2.72 bits per heavy atom. The lowest BCUT2D eigenvalue weighted by molar-refractivity contribution is -0.120. The van der Waals surface area contributed by atoms with Crippen LogP contribution in [0.1, 0.15) is 44.9 Å². The second-order valence-electron chi connectivity index (χ2n) is 5.17. The van der Waals surface area contributed by atoms with Crippen LogP contribution in [0.4, 0.5) is 0 Å². The topological polar surface area (TPSA) is 50.4 Å². The summed E-state index contributed by atoms with van der Waals surface area (Å²) in [5, 5.41) is 6.00. The summed E-state index contributed by atoms with van der Waals surface area (Å²) in [5.41, 5.74) is 0. The number of carbonyl (C=O) groups excluding carboxylic acids is 1. The van der Waals surface area contributed by atoms with E-state index in [4.69, 9.17) is 4.74 Å². The molecule has 1 aliphatic carbocycles. The molecule has 0 aliphatic heterocycles. The Labute approximate surface area is 111 Å². The highest BCUT2D eigenvalue weighted by Gasteiger charge is 2.12. The first-order valence-electron chi connectivity index (χ1n) is 7.29. The zero-order valence-corrected chi connectivity index (χ0v) is 11.7. The van der Waals surface area contributed by atoms with Crippen molar-refractivity contribution in [3.8, 4) is 0 Å². The van der Waals surface area contributed by atoms with Crippen LogP contribution in [-0.2, 0) is 9.53 Å². The molecule has 4 nitrogen and oxygen atoms in total. The minimum atomic E-state index is 0.0924. The average Bonchev–Trinajstić information content (AvgIpc) is 2.41. The third-order valence-corrected chi connectivity index (χ3v) is 3.60. The predicted molar refractivity (Wildman–Crippen MR) is 73.6 cm³/mol. The summed E-state index contributed by atoms with van der Waals surface area (Å²) in [6.45, 7) is 2.59. The van der Waals surface area contributed by atoms with Crippen LogP contribution in [0.25, 0.3) is 0 Å². The summed E-state index contributed by atoms with van der Waals surface area (Å²) in [4.78, 5) is 11.4. The molecule has 0 heterocycles. The van der Waals surface area contributed by atoms with Crippen molar-refractivity contribution in [1.29, 1.82) is 0 Å². The molecule has 0 radical (unpaired) electrons. The van der Waals surface area contributed by atoms with Crippen LogP contribution in [0.15, 0.2) is 0 Å². The van der Waals surface area contributed by atoms with E-state index < -0.39 is 0 Å². The van der Waals surface area contributed by atoms with Crippen LogP contribution in [0.2, 0.25) is 0 Å². The van der Waals surface area contributed by atoms with E-state index in [-0.39, 0.29) is 5.91 Å². The first-order valence-corrected chi connectivity index (χ1v) is 7.29. The zero-order valence-electron chi connectivity index (χ0n) is 11.7. The Kier molecular flexibility index (Phi) is 8.86. The summed E-state index contributed by atoms with van der Waals surface area (Å²) in [5.74, 6) is 1.00. The molecule has 0 saturated heterocycles. The lowest BCUT2D eigenvalue weighted by Gasteiger charge is -2.21. The van der Waals surface area contributed by atoms with E-state index in [2.05, 4.69) is 10.6 Å². The maximum absolute atomic E-state index is 11.4. The van der Waals surface area contributed by atoms with E-state index in [1.165, 1.54) is 38.5 Å². The maximum atomic E-state index is 11.4. The smallest absolute Gasteiger partial charge is 0.233 e. The number of amides is 1. The van der Waals surface area contributed by atoms with Gasteiger partial charge in [-0.15, -0.1) is 0 Å². The molecule has 106 valence electrons. The Hall–Kier alpha value is -0.610. The van der Waals surface area contributed by atoms with Crippen LogP contribution in [0.3, 0.4) is 0 Å². The van der Waals surface area contributed by atoms with Gasteiger partial charge < -0.3 is 15.4 Å². The monoisotopic (exact) mass is 256 g/mol. The third-order valence-electron chi connectivity index (χ3n) is 3.60. The number of carbonyl (C=O) groups is 1. The molecule has 1 aliphatic rings. The van der Waals surface area contributed by atoms with Gasteiger partial charge in [-0.1, -0.05) is 32.1 Å². The maximum Gasteiger partial charge on any atom is 0.233 e. The molecular formula is C14H28N2O2. The Morgan fingerprint density at radius 2 is 2.00 bits per heavy atom. The molecule has 1 saturated carbocycles. The van der Waals surface area contributed by atoms with Crippen molar-refractivity contribution in [3.05, 3.63) is 0 Å². The lowest BCUT2D eigenvalue weighted by atomic mass is 9.86. The predicted octanol–water partition coefficient (Wildman–Crippen LogP) is 1.70. The summed E-state index contributed by atoms with van der Waals surface area (Å²) in [6, 6.07) is 0. The zero-order chi connectivity index (χ0) is 13.1. The van der Waals surface area contributed by atoms with Gasteiger partial charge in [0.05, 0.1) is 13.2 Å². The van der Waals surface area contributed by atoms with Crippen molar-refractivity contribution in [3.63, 3.8) is 0 Å². The van der Waals surface area contributed by atoms with E-state index in [9.17, 15) is 4.79 Å². The minimum absolute atomic E-state index is 0.0924. The van der Waals surface area contributed by atoms with E-state index in [1.807, 2.05) is 0 Å². The largest absolute Gasteiger partial charge is 0.383 e. The fraction of sp³-hybridized carbons (Fsp3) is 0.929. The first-order chi connectivity index (χ1) is 8.83. The normalized spacial score (nSPS) is 16.7. The summed E-state index contributed by atoms with van der Waals surface area (Å²) < 4.78 is 4.90. The number of rotatable bonds is 9. The lowest BCUT2D eigenvalue weighted by Crippen LogP contribution is -2.35. The molecule has 0 bridgehead atoms. The molecule has 1 amide bonds. The fourth-order valence-electron chi connectivity index (χ4n) is 2.53. The van der Waals surface area contributed by atoms with Gasteiger partial charge in [-0.05, 0) is 18.8 Å². The number of nitrogens with one attached hydrogen (secondary N) is 2. The SMILES string of the molecule is COCCNCC(=O)NCCCC1CCCCC1. The van der Waals surface area contributed by atoms with Gasteiger partial charge >= 0.3 is 0 Å². The van der Waals surface area contributed by atoms with E-state index in [0.717, 1.165) is 25.4 Å². The van der Waals surface area contributed by atoms with Gasteiger partial charge in [0.25, 0.3) is 0 Å². The van der Waals surface area contributed by atoms with Crippen molar-refractivity contribution in [2.24, 2.45) is 5.92 Å². The quantitative estimate of drug-likeness (QED) is 0.617. The molecule has 0 aromatic carbocycles. The number of methoxy groups -OCH3 is 1. The second-order valence-corrected chi connectivity index (χ2v) is 5.17. The highest BCUT2D eigenvalue weighted by Crippen LogP contribution is 2.26. The van der Waals surface area contributed by atoms with Gasteiger partial charge in [-0.25, -0.2) is 0 Å². The Bertz CT molecular complexity index is 216. The first kappa shape index (κ1) is 15.4. The van der Waals surface area contributed by atoms with Crippen LogP contribution < -0.4 is 10.6 Å². The standard InChI is InChI=1S/C14H28N2O2/c1-18-11-10-15-12-14(17)16-9-5-8-13-6-3-2-4-7-13/h13,15H,2-12H2,1H3,(H,16,17). The summed E-state index contributed by atoms with van der Waals surface area (Å²) >= 11 is 0. The molecule has 1 rings (SSSR count). The van der Waals surface area contributed by atoms with Crippen molar-refractivity contribution in [2.45, 2.75) is 44.9 Å². The van der Waals surface area contributed by atoms with Crippen molar-refractivity contribution in [2.75, 3.05) is 33.4 Å². The minimum Gasteiger partial charge on any atom is -0.383 e. The summed E-state index contributed by atoms with van der Waals surface area (Å²) in [6.07, 6.45) is 9.41. The van der Waals surface area contributed by atoms with Crippen molar-refractivity contribution in [1.82, 2.24) is 10.6 Å². The van der Waals surface area contributed by atoms with Crippen LogP contribution in [0.5, 0.6) is 0 Å². The van der Waals surface area contributed by atoms with Crippen molar-refractivity contribution >= 4 is 5.91 Å². The molecule has 1 fully saturated rings. The van der Waals surface area contributed by atoms with Crippen LogP contribution in [0, 0.1) is 5.92 Å². The second kappa shape index (κ2) is 10.3. The van der Waals surface area contributed by atoms with Crippen LogP contribution >= 0.6 is 0 Å². The molecule has 0 aromatic rings. The van der Waals surface area contributed by atoms with E-state index in [0.29, 0.717) is 13.2 Å². The van der Waals surface area contributed by atoms with Gasteiger partial charge in [0, 0.05) is 20.2 Å². The van der Waals surface area contributed by atoms with Crippen LogP contribution in [-0.4, -0.2) is 39.3 Å². The van der Waals surface area contributed by atoms with E-state index in [1.54, 1.807) is 7.11 Å². The molecule has 2 N–H and O–H groups in total. The summed E-state index contributed by atoms with van der Waals surface area (Å²) in [7, 11) is 1.66. The van der Waals surface area contributed by atoms with Gasteiger partial charge in [0.1, 0.15) is 0 Å². The number of hydrogen-bond donors (Lipinski definition) is 2. The fourth-order valence-corrected chi connectivity index (χ4v) is 2.53. The number of hydrogen-bond acceptors (Lipinski definition) is 3. The molecule has 0 spiro atoms. The number of ether oxygens (including phenoxy) is 1. The van der Waals surface area contributed by atoms with E-state index >= 15 is 0 Å². The molecule has 0 unspecified atom stereocenters. The molecular weight excluding hydrogens is 228 g/mol. The third kappa shape index (κ3) is 7.67. The van der Waals surface area contributed by atoms with Crippen molar-refractivity contribution < 1.29 is 9.53 Å². The van der Waals surface area contributed by atoms with Gasteiger partial charge in [-0.2, -0.15) is 0 Å². The average molecular weight is 256 g/mol. The Balaban J connectivity index is 1.88. The highest BCUT2D eigenvalue weighted by molar-refractivity contribution is 5.77. The highest BCUT2D eigenvalue weighted by atomic mass is 16.5. The molecule has 0 aromatic heterocycles. The molecule has 0 atom stereocenters. The van der Waals surface area contributed by atoms with Gasteiger partial charge in [-0.3, -0.25) is 4.79 Å². The van der Waals surface area contributed by atoms with Gasteiger partial charge in [0.15, 0.2) is 0 Å².